The van der Waals surface area contributed by atoms with E-state index < -0.39 is 0 Å². The summed E-state index contributed by atoms with van der Waals surface area (Å²) in [6.45, 7) is 0.542. The quantitative estimate of drug-likeness (QED) is 0.561. The summed E-state index contributed by atoms with van der Waals surface area (Å²) in [6.07, 6.45) is 3.80. The number of nitrogens with zero attached hydrogens (tertiary/aromatic N) is 1. The highest BCUT2D eigenvalue weighted by Crippen LogP contribution is 2.21. The summed E-state index contributed by atoms with van der Waals surface area (Å²) in [6, 6.07) is 21.6. The van der Waals surface area contributed by atoms with Crippen molar-refractivity contribution in [3.63, 3.8) is 0 Å². The molecule has 2 aromatic carbocycles. The molecule has 1 aliphatic rings. The number of anilines is 3. The van der Waals surface area contributed by atoms with Crippen LogP contribution < -0.4 is 20.7 Å². The maximum atomic E-state index is 11.7. The van der Waals surface area contributed by atoms with Crippen molar-refractivity contribution in [3.8, 4) is 5.75 Å². The number of hydrogen-bond donors (Lipinski definition) is 3. The molecule has 0 radical (unpaired) electrons. The standard InChI is InChI=1S/C22H22N4O2/c27-22(25-18-6-7-18)26-21-13-10-19(14-23-21)24-17-8-11-20(12-9-17)28-15-16-4-2-1-3-5-16/h1-5,8-14,18,24H,6-7,15H2,(H2,23,25,26,27). The maximum absolute atomic E-state index is 11.7. The smallest absolute Gasteiger partial charge is 0.320 e. The average Bonchev–Trinajstić information content (AvgIpc) is 3.54. The molecule has 0 saturated heterocycles. The van der Waals surface area contributed by atoms with Crippen LogP contribution in [0, 0.1) is 0 Å². The fraction of sp³-hybridized carbons (Fsp3) is 0.182. The largest absolute Gasteiger partial charge is 0.489 e. The van der Waals surface area contributed by atoms with Crippen molar-refractivity contribution in [2.45, 2.75) is 25.5 Å². The molecule has 28 heavy (non-hydrogen) atoms. The van der Waals surface area contributed by atoms with Gasteiger partial charge < -0.3 is 15.4 Å². The van der Waals surface area contributed by atoms with E-state index in [-0.39, 0.29) is 6.03 Å². The lowest BCUT2D eigenvalue weighted by Gasteiger charge is -2.10. The van der Waals surface area contributed by atoms with Crippen LogP contribution in [0.4, 0.5) is 22.0 Å². The van der Waals surface area contributed by atoms with Crippen LogP contribution in [-0.2, 0) is 6.61 Å². The Hall–Kier alpha value is -3.54. The van der Waals surface area contributed by atoms with Crippen molar-refractivity contribution in [1.29, 1.82) is 0 Å². The van der Waals surface area contributed by atoms with E-state index in [0.29, 0.717) is 18.5 Å². The van der Waals surface area contributed by atoms with Crippen LogP contribution in [0.15, 0.2) is 72.9 Å². The van der Waals surface area contributed by atoms with E-state index in [2.05, 4.69) is 20.9 Å². The number of carbonyl (C=O) groups is 1. The minimum Gasteiger partial charge on any atom is -0.489 e. The Morgan fingerprint density at radius 1 is 0.964 bits per heavy atom. The number of nitrogens with one attached hydrogen (secondary N) is 3. The normalized spacial score (nSPS) is 12.9. The topological polar surface area (TPSA) is 75.3 Å². The Morgan fingerprint density at radius 3 is 2.39 bits per heavy atom. The second-order valence-electron chi connectivity index (χ2n) is 6.73. The SMILES string of the molecule is O=C(Nc1ccc(Nc2ccc(OCc3ccccc3)cc2)cn1)NC1CC1. The number of hydrogen-bond acceptors (Lipinski definition) is 4. The van der Waals surface area contributed by atoms with E-state index in [0.717, 1.165) is 35.5 Å². The predicted molar refractivity (Wildman–Crippen MR) is 110 cm³/mol. The molecule has 6 heteroatoms. The zero-order chi connectivity index (χ0) is 19.2. The molecule has 0 aliphatic heterocycles. The van der Waals surface area contributed by atoms with Crippen molar-refractivity contribution in [2.24, 2.45) is 0 Å². The Labute approximate surface area is 164 Å². The molecule has 3 N–H and O–H groups in total. The van der Waals surface area contributed by atoms with Crippen LogP contribution in [0.5, 0.6) is 5.75 Å². The lowest BCUT2D eigenvalue weighted by Crippen LogP contribution is -2.30. The fourth-order valence-electron chi connectivity index (χ4n) is 2.65. The second kappa shape index (κ2) is 8.43. The molecule has 142 valence electrons. The molecule has 0 bridgehead atoms. The van der Waals surface area contributed by atoms with E-state index in [4.69, 9.17) is 4.74 Å². The third-order valence-corrected chi connectivity index (χ3v) is 4.31. The van der Waals surface area contributed by atoms with E-state index in [1.54, 1.807) is 12.3 Å². The molecule has 1 aliphatic carbocycles. The van der Waals surface area contributed by atoms with Gasteiger partial charge in [0, 0.05) is 11.7 Å². The Morgan fingerprint density at radius 2 is 1.71 bits per heavy atom. The molecule has 0 spiro atoms. The molecule has 0 unspecified atom stereocenters. The van der Waals surface area contributed by atoms with Crippen molar-refractivity contribution in [1.82, 2.24) is 10.3 Å². The van der Waals surface area contributed by atoms with Gasteiger partial charge in [0.15, 0.2) is 0 Å². The Kier molecular flexibility index (Phi) is 5.38. The number of carbonyl (C=O) groups excluding carboxylic acids is 1. The Bertz CT molecular complexity index is 908. The van der Waals surface area contributed by atoms with Gasteiger partial charge in [0.25, 0.3) is 0 Å². The average molecular weight is 374 g/mol. The Balaban J connectivity index is 1.28. The van der Waals surface area contributed by atoms with Gasteiger partial charge in [0.05, 0.1) is 11.9 Å². The number of ether oxygens (including phenoxy) is 1. The summed E-state index contributed by atoms with van der Waals surface area (Å²) >= 11 is 0. The molecule has 6 nitrogen and oxygen atoms in total. The van der Waals surface area contributed by atoms with Crippen LogP contribution in [-0.4, -0.2) is 17.1 Å². The predicted octanol–water partition coefficient (Wildman–Crippen LogP) is 4.69. The highest BCUT2D eigenvalue weighted by Gasteiger charge is 2.23. The van der Waals surface area contributed by atoms with Gasteiger partial charge in [-0.25, -0.2) is 9.78 Å². The molecule has 2 amide bonds. The highest BCUT2D eigenvalue weighted by atomic mass is 16.5. The number of benzene rings is 2. The van der Waals surface area contributed by atoms with Gasteiger partial charge in [-0.2, -0.15) is 0 Å². The van der Waals surface area contributed by atoms with Crippen molar-refractivity contribution in [2.75, 3.05) is 10.6 Å². The van der Waals surface area contributed by atoms with Gasteiger partial charge in [-0.05, 0) is 54.8 Å². The lowest BCUT2D eigenvalue weighted by atomic mass is 10.2. The molecule has 1 saturated carbocycles. The minimum atomic E-state index is -0.207. The van der Waals surface area contributed by atoms with Gasteiger partial charge in [0.1, 0.15) is 18.2 Å². The van der Waals surface area contributed by atoms with Gasteiger partial charge in [0.2, 0.25) is 0 Å². The first kappa shape index (κ1) is 17.9. The van der Waals surface area contributed by atoms with E-state index in [9.17, 15) is 4.79 Å². The lowest BCUT2D eigenvalue weighted by molar-refractivity contribution is 0.251. The summed E-state index contributed by atoms with van der Waals surface area (Å²) in [5, 5.41) is 8.88. The van der Waals surface area contributed by atoms with Crippen molar-refractivity contribution >= 4 is 23.2 Å². The number of amides is 2. The number of rotatable bonds is 7. The summed E-state index contributed by atoms with van der Waals surface area (Å²) < 4.78 is 5.80. The zero-order valence-electron chi connectivity index (χ0n) is 15.4. The van der Waals surface area contributed by atoms with Crippen molar-refractivity contribution in [3.05, 3.63) is 78.5 Å². The number of pyridine rings is 1. The fourth-order valence-corrected chi connectivity index (χ4v) is 2.65. The van der Waals surface area contributed by atoms with Crippen LogP contribution in [0.1, 0.15) is 18.4 Å². The van der Waals surface area contributed by atoms with Crippen LogP contribution in [0.3, 0.4) is 0 Å². The summed E-state index contributed by atoms with van der Waals surface area (Å²) in [4.78, 5) is 16.0. The van der Waals surface area contributed by atoms with E-state index in [1.807, 2.05) is 60.7 Å². The van der Waals surface area contributed by atoms with Gasteiger partial charge in [-0.3, -0.25) is 5.32 Å². The molecule has 0 atom stereocenters. The summed E-state index contributed by atoms with van der Waals surface area (Å²) in [5.41, 5.74) is 2.91. The minimum absolute atomic E-state index is 0.207. The van der Waals surface area contributed by atoms with Crippen LogP contribution >= 0.6 is 0 Å². The highest BCUT2D eigenvalue weighted by molar-refractivity contribution is 5.88. The molecular formula is C22H22N4O2. The number of aromatic nitrogens is 1. The van der Waals surface area contributed by atoms with E-state index in [1.165, 1.54) is 0 Å². The molecule has 3 aromatic rings. The van der Waals surface area contributed by atoms with E-state index >= 15 is 0 Å². The molecular weight excluding hydrogens is 352 g/mol. The first-order valence-corrected chi connectivity index (χ1v) is 9.32. The molecule has 1 heterocycles. The van der Waals surface area contributed by atoms with Gasteiger partial charge >= 0.3 is 6.03 Å². The first-order valence-electron chi connectivity index (χ1n) is 9.32. The third kappa shape index (κ3) is 5.23. The van der Waals surface area contributed by atoms with Gasteiger partial charge in [-0.15, -0.1) is 0 Å². The summed E-state index contributed by atoms with van der Waals surface area (Å²) in [5.74, 6) is 1.34. The first-order chi connectivity index (χ1) is 13.7. The van der Waals surface area contributed by atoms with Crippen LogP contribution in [0.25, 0.3) is 0 Å². The van der Waals surface area contributed by atoms with Crippen LogP contribution in [0.2, 0.25) is 0 Å². The summed E-state index contributed by atoms with van der Waals surface area (Å²) in [7, 11) is 0. The van der Waals surface area contributed by atoms with Crippen molar-refractivity contribution < 1.29 is 9.53 Å². The van der Waals surface area contributed by atoms with Gasteiger partial charge in [-0.1, -0.05) is 30.3 Å². The molecule has 4 rings (SSSR count). The molecule has 1 aromatic heterocycles. The maximum Gasteiger partial charge on any atom is 0.320 e. The molecule has 1 fully saturated rings. The zero-order valence-corrected chi connectivity index (χ0v) is 15.4. The second-order valence-corrected chi connectivity index (χ2v) is 6.73. The number of urea groups is 1. The third-order valence-electron chi connectivity index (χ3n) is 4.31. The monoisotopic (exact) mass is 374 g/mol.